The van der Waals surface area contributed by atoms with Crippen LogP contribution in [0.1, 0.15) is 49.8 Å². The Labute approximate surface area is 161 Å². The molecule has 2 aromatic rings. The third-order valence-electron chi connectivity index (χ3n) is 6.71. The van der Waals surface area contributed by atoms with Crippen LogP contribution in [0.3, 0.4) is 0 Å². The summed E-state index contributed by atoms with van der Waals surface area (Å²) in [5.74, 6) is 1.50. The first kappa shape index (κ1) is 17.3. The van der Waals surface area contributed by atoms with E-state index in [-0.39, 0.29) is 11.7 Å². The van der Waals surface area contributed by atoms with E-state index in [0.29, 0.717) is 12.0 Å². The van der Waals surface area contributed by atoms with Crippen molar-refractivity contribution in [1.82, 2.24) is 14.7 Å². The largest absolute Gasteiger partial charge is 0.486 e. The highest BCUT2D eigenvalue weighted by molar-refractivity contribution is 5.39. The SMILES string of the molecule is C[C@H]1CC[C@@H]2[C@@H](O1)c1ccccc1OC21CCN(Cc2cnn(C)c2)CC1. The van der Waals surface area contributed by atoms with E-state index in [1.54, 1.807) is 0 Å². The third kappa shape index (κ3) is 3.07. The van der Waals surface area contributed by atoms with Crippen molar-refractivity contribution in [2.24, 2.45) is 13.0 Å². The summed E-state index contributed by atoms with van der Waals surface area (Å²) in [6.45, 7) is 5.31. The lowest BCUT2D eigenvalue weighted by molar-refractivity contribution is -0.170. The van der Waals surface area contributed by atoms with E-state index in [4.69, 9.17) is 9.47 Å². The predicted molar refractivity (Wildman–Crippen MR) is 104 cm³/mol. The van der Waals surface area contributed by atoms with Crippen LogP contribution in [-0.4, -0.2) is 39.5 Å². The summed E-state index contributed by atoms with van der Waals surface area (Å²) >= 11 is 0. The molecule has 0 amide bonds. The van der Waals surface area contributed by atoms with Gasteiger partial charge in [0.1, 0.15) is 11.4 Å². The summed E-state index contributed by atoms with van der Waals surface area (Å²) in [4.78, 5) is 2.54. The molecular weight excluding hydrogens is 338 g/mol. The minimum atomic E-state index is -0.0788. The van der Waals surface area contributed by atoms with Crippen LogP contribution in [0.25, 0.3) is 0 Å². The molecule has 3 atom stereocenters. The second-order valence-electron chi connectivity index (χ2n) is 8.55. The lowest BCUT2D eigenvalue weighted by Crippen LogP contribution is -2.57. The average molecular weight is 367 g/mol. The number of para-hydroxylation sites is 1. The van der Waals surface area contributed by atoms with Crippen molar-refractivity contribution < 1.29 is 9.47 Å². The lowest BCUT2D eigenvalue weighted by Gasteiger charge is -2.54. The predicted octanol–water partition coefficient (Wildman–Crippen LogP) is 3.70. The molecule has 2 saturated heterocycles. The molecular formula is C22H29N3O2. The van der Waals surface area contributed by atoms with Crippen molar-refractivity contribution in [2.75, 3.05) is 13.1 Å². The molecule has 0 aliphatic carbocycles. The number of ether oxygens (including phenoxy) is 2. The summed E-state index contributed by atoms with van der Waals surface area (Å²) in [6, 6.07) is 8.50. The van der Waals surface area contributed by atoms with E-state index in [0.717, 1.165) is 44.6 Å². The zero-order valence-corrected chi connectivity index (χ0v) is 16.3. The maximum Gasteiger partial charge on any atom is 0.125 e. The van der Waals surface area contributed by atoms with Crippen molar-refractivity contribution in [3.63, 3.8) is 0 Å². The number of rotatable bonds is 2. The fraction of sp³-hybridized carbons (Fsp3) is 0.591. The first-order chi connectivity index (χ1) is 13.1. The molecule has 0 N–H and O–H groups in total. The van der Waals surface area contributed by atoms with E-state index in [1.807, 2.05) is 17.9 Å². The van der Waals surface area contributed by atoms with Crippen molar-refractivity contribution in [1.29, 1.82) is 0 Å². The Hall–Kier alpha value is -1.85. The van der Waals surface area contributed by atoms with E-state index < -0.39 is 0 Å². The Morgan fingerprint density at radius 2 is 2.00 bits per heavy atom. The number of hydrogen-bond acceptors (Lipinski definition) is 4. The van der Waals surface area contributed by atoms with Gasteiger partial charge in [-0.2, -0.15) is 5.10 Å². The number of hydrogen-bond donors (Lipinski definition) is 0. The van der Waals surface area contributed by atoms with Gasteiger partial charge in [0.15, 0.2) is 0 Å². The van der Waals surface area contributed by atoms with Gasteiger partial charge in [-0.15, -0.1) is 0 Å². The Morgan fingerprint density at radius 1 is 1.19 bits per heavy atom. The topological polar surface area (TPSA) is 39.5 Å². The average Bonchev–Trinajstić information content (AvgIpc) is 3.08. The van der Waals surface area contributed by atoms with Gasteiger partial charge in [0.05, 0.1) is 18.4 Å². The van der Waals surface area contributed by atoms with Gasteiger partial charge in [0.25, 0.3) is 0 Å². The molecule has 27 heavy (non-hydrogen) atoms. The third-order valence-corrected chi connectivity index (χ3v) is 6.71. The summed E-state index contributed by atoms with van der Waals surface area (Å²) in [6.07, 6.45) is 9.08. The highest BCUT2D eigenvalue weighted by Crippen LogP contribution is 2.53. The van der Waals surface area contributed by atoms with Crippen LogP contribution in [0, 0.1) is 5.92 Å². The fourth-order valence-electron chi connectivity index (χ4n) is 5.29. The molecule has 1 aromatic carbocycles. The molecule has 0 unspecified atom stereocenters. The fourth-order valence-corrected chi connectivity index (χ4v) is 5.29. The summed E-state index contributed by atoms with van der Waals surface area (Å²) < 4.78 is 15.1. The van der Waals surface area contributed by atoms with Gasteiger partial charge in [-0.1, -0.05) is 18.2 Å². The van der Waals surface area contributed by atoms with E-state index in [9.17, 15) is 0 Å². The maximum absolute atomic E-state index is 6.74. The number of fused-ring (bicyclic) bond motifs is 4. The van der Waals surface area contributed by atoms with Crippen LogP contribution in [0.4, 0.5) is 0 Å². The first-order valence-electron chi connectivity index (χ1n) is 10.3. The Balaban J connectivity index is 1.36. The van der Waals surface area contributed by atoms with Crippen LogP contribution in [0.15, 0.2) is 36.7 Å². The monoisotopic (exact) mass is 367 g/mol. The van der Waals surface area contributed by atoms with Crippen LogP contribution < -0.4 is 4.74 Å². The zero-order chi connectivity index (χ0) is 18.4. The van der Waals surface area contributed by atoms with E-state index in [1.165, 1.54) is 17.5 Å². The molecule has 5 nitrogen and oxygen atoms in total. The van der Waals surface area contributed by atoms with Crippen LogP contribution >= 0.6 is 0 Å². The second-order valence-corrected chi connectivity index (χ2v) is 8.55. The quantitative estimate of drug-likeness (QED) is 0.811. The van der Waals surface area contributed by atoms with E-state index >= 15 is 0 Å². The van der Waals surface area contributed by atoms with Gasteiger partial charge < -0.3 is 9.47 Å². The van der Waals surface area contributed by atoms with Crippen molar-refractivity contribution in [3.05, 3.63) is 47.8 Å². The smallest absolute Gasteiger partial charge is 0.125 e. The molecule has 2 fully saturated rings. The highest BCUT2D eigenvalue weighted by Gasteiger charge is 2.53. The molecule has 3 aliphatic heterocycles. The molecule has 5 rings (SSSR count). The highest BCUT2D eigenvalue weighted by atomic mass is 16.5. The molecule has 144 valence electrons. The van der Waals surface area contributed by atoms with E-state index in [2.05, 4.69) is 47.4 Å². The number of aromatic nitrogens is 2. The second kappa shape index (κ2) is 6.64. The molecule has 0 bridgehead atoms. The van der Waals surface area contributed by atoms with Crippen molar-refractivity contribution in [3.8, 4) is 5.75 Å². The maximum atomic E-state index is 6.74. The molecule has 1 spiro atoms. The van der Waals surface area contributed by atoms with Gasteiger partial charge in [-0.05, 0) is 25.8 Å². The molecule has 0 radical (unpaired) electrons. The normalized spacial score (nSPS) is 29.8. The zero-order valence-electron chi connectivity index (χ0n) is 16.3. The van der Waals surface area contributed by atoms with Gasteiger partial charge in [-0.25, -0.2) is 0 Å². The first-order valence-corrected chi connectivity index (χ1v) is 10.3. The summed E-state index contributed by atoms with van der Waals surface area (Å²) in [5.41, 5.74) is 2.46. The summed E-state index contributed by atoms with van der Waals surface area (Å²) in [5, 5.41) is 4.30. The molecule has 5 heteroatoms. The minimum Gasteiger partial charge on any atom is -0.486 e. The number of nitrogens with zero attached hydrogens (tertiary/aromatic N) is 3. The number of piperidine rings is 1. The number of aryl methyl sites for hydroxylation is 1. The van der Waals surface area contributed by atoms with Gasteiger partial charge in [0, 0.05) is 62.8 Å². The molecule has 4 heterocycles. The standard InChI is InChI=1S/C22H29N3O2/c1-16-7-8-19-21(26-16)18-5-3-4-6-20(18)27-22(19)9-11-25(12-10-22)15-17-13-23-24(2)14-17/h3-6,13-14,16,19,21H,7-12,15H2,1-2H3/t16-,19+,21-/m0/s1. The van der Waals surface area contributed by atoms with Gasteiger partial charge in [-0.3, -0.25) is 9.58 Å². The van der Waals surface area contributed by atoms with Crippen molar-refractivity contribution in [2.45, 2.75) is 57.0 Å². The minimum absolute atomic E-state index is 0.0788. The van der Waals surface area contributed by atoms with Gasteiger partial charge in [0.2, 0.25) is 0 Å². The van der Waals surface area contributed by atoms with Crippen LogP contribution in [0.5, 0.6) is 5.75 Å². The Kier molecular flexibility index (Phi) is 4.25. The number of likely N-dealkylation sites (tertiary alicyclic amines) is 1. The Bertz CT molecular complexity index is 809. The molecule has 0 saturated carbocycles. The lowest BCUT2D eigenvalue weighted by atomic mass is 9.69. The molecule has 1 aromatic heterocycles. The molecule has 3 aliphatic rings. The van der Waals surface area contributed by atoms with Gasteiger partial charge >= 0.3 is 0 Å². The van der Waals surface area contributed by atoms with Crippen LogP contribution in [-0.2, 0) is 18.3 Å². The van der Waals surface area contributed by atoms with Crippen molar-refractivity contribution >= 4 is 0 Å². The summed E-state index contributed by atoms with van der Waals surface area (Å²) in [7, 11) is 1.98. The number of benzene rings is 1. The van der Waals surface area contributed by atoms with Crippen LogP contribution in [0.2, 0.25) is 0 Å². The Morgan fingerprint density at radius 3 is 2.78 bits per heavy atom.